The molecule has 3 nitrogen and oxygen atoms in total. The van der Waals surface area contributed by atoms with Gasteiger partial charge in [-0.3, -0.25) is 0 Å². The van der Waals surface area contributed by atoms with Crippen LogP contribution in [0.3, 0.4) is 0 Å². The van der Waals surface area contributed by atoms with E-state index in [0.29, 0.717) is 18.0 Å². The van der Waals surface area contributed by atoms with Crippen molar-refractivity contribution in [3.8, 4) is 0 Å². The molecule has 0 bridgehead atoms. The van der Waals surface area contributed by atoms with Gasteiger partial charge in [-0.1, -0.05) is 41.9 Å². The third-order valence-corrected chi connectivity index (χ3v) is 4.40. The zero-order valence-corrected chi connectivity index (χ0v) is 11.8. The smallest absolute Gasteiger partial charge is 0.211 e. The lowest BCUT2D eigenvalue weighted by molar-refractivity contribution is 0.581. The first-order chi connectivity index (χ1) is 9.08. The molecule has 0 radical (unpaired) electrons. The van der Waals surface area contributed by atoms with Crippen LogP contribution in [0.5, 0.6) is 0 Å². The van der Waals surface area contributed by atoms with E-state index in [2.05, 4.69) is 4.72 Å². The van der Waals surface area contributed by atoms with Crippen molar-refractivity contribution in [2.24, 2.45) is 0 Å². The van der Waals surface area contributed by atoms with Gasteiger partial charge >= 0.3 is 0 Å². The zero-order valence-electron chi connectivity index (χ0n) is 10.2. The highest BCUT2D eigenvalue weighted by molar-refractivity contribution is 7.89. The van der Waals surface area contributed by atoms with Crippen molar-refractivity contribution >= 4 is 21.6 Å². The summed E-state index contributed by atoms with van der Waals surface area (Å²) in [6, 6.07) is 15.7. The van der Waals surface area contributed by atoms with Gasteiger partial charge in [-0.2, -0.15) is 0 Å². The van der Waals surface area contributed by atoms with Crippen molar-refractivity contribution < 1.29 is 8.42 Å². The molecule has 100 valence electrons. The molecule has 0 fully saturated rings. The number of rotatable bonds is 5. The van der Waals surface area contributed by atoms with Gasteiger partial charge in [0.05, 0.1) is 4.90 Å². The van der Waals surface area contributed by atoms with Crippen LogP contribution in [0, 0.1) is 0 Å². The van der Waals surface area contributed by atoms with Crippen LogP contribution < -0.4 is 4.72 Å². The fraction of sp³-hybridized carbons (Fsp3) is 0.143. The van der Waals surface area contributed by atoms with E-state index in [1.807, 2.05) is 12.1 Å². The van der Waals surface area contributed by atoms with Gasteiger partial charge in [-0.25, -0.2) is 13.1 Å². The van der Waals surface area contributed by atoms with Gasteiger partial charge in [0.25, 0.3) is 0 Å². The highest BCUT2D eigenvalue weighted by Crippen LogP contribution is 2.10. The molecule has 1 N–H and O–H groups in total. The summed E-state index contributed by atoms with van der Waals surface area (Å²) >= 11 is 5.79. The number of benzene rings is 2. The van der Waals surface area contributed by atoms with Crippen LogP contribution in [0.2, 0.25) is 5.02 Å². The van der Waals surface area contributed by atoms with Gasteiger partial charge < -0.3 is 0 Å². The van der Waals surface area contributed by atoms with Crippen molar-refractivity contribution in [3.05, 3.63) is 65.2 Å². The van der Waals surface area contributed by atoms with Gasteiger partial charge in [0.15, 0.2) is 0 Å². The summed E-state index contributed by atoms with van der Waals surface area (Å²) in [5.74, 6) is 0. The van der Waals surface area contributed by atoms with Crippen LogP contribution >= 0.6 is 11.6 Å². The van der Waals surface area contributed by atoms with E-state index in [1.54, 1.807) is 42.5 Å². The predicted molar refractivity (Wildman–Crippen MR) is 76.8 cm³/mol. The van der Waals surface area contributed by atoms with Gasteiger partial charge in [0.1, 0.15) is 0 Å². The molecule has 0 atom stereocenters. The summed E-state index contributed by atoms with van der Waals surface area (Å²) in [4.78, 5) is 0.283. The molecule has 0 saturated heterocycles. The first-order valence-corrected chi connectivity index (χ1v) is 7.73. The second-order valence-corrected chi connectivity index (χ2v) is 6.29. The summed E-state index contributed by atoms with van der Waals surface area (Å²) in [6.45, 7) is 0.360. The lowest BCUT2D eigenvalue weighted by Crippen LogP contribution is -2.25. The fourth-order valence-corrected chi connectivity index (χ4v) is 2.84. The van der Waals surface area contributed by atoms with Crippen molar-refractivity contribution in [1.82, 2.24) is 4.72 Å². The molecule has 2 aromatic rings. The van der Waals surface area contributed by atoms with Crippen LogP contribution in [0.1, 0.15) is 5.56 Å². The molecule has 0 aromatic heterocycles. The Bertz CT molecular complexity index is 624. The van der Waals surface area contributed by atoms with E-state index in [-0.39, 0.29) is 4.90 Å². The molecule has 0 aliphatic heterocycles. The summed E-state index contributed by atoms with van der Waals surface area (Å²) in [5.41, 5.74) is 1.04. The van der Waals surface area contributed by atoms with Crippen LogP contribution in [0.25, 0.3) is 0 Å². The molecular weight excluding hydrogens is 282 g/mol. The standard InChI is InChI=1S/C14H14ClNO2S/c15-13-8-6-12(7-9-13)10-11-16-19(17,18)14-4-2-1-3-5-14/h1-9,16H,10-11H2. The average molecular weight is 296 g/mol. The minimum absolute atomic E-state index is 0.283. The Kier molecular flexibility index (Phi) is 4.58. The van der Waals surface area contributed by atoms with Crippen LogP contribution in [0.4, 0.5) is 0 Å². The molecule has 0 unspecified atom stereocenters. The maximum atomic E-state index is 11.9. The molecule has 0 aliphatic rings. The number of hydrogen-bond acceptors (Lipinski definition) is 2. The van der Waals surface area contributed by atoms with Crippen molar-refractivity contribution in [3.63, 3.8) is 0 Å². The summed E-state index contributed by atoms with van der Waals surface area (Å²) in [6.07, 6.45) is 0.628. The Morgan fingerprint density at radius 2 is 1.58 bits per heavy atom. The third kappa shape index (κ3) is 4.06. The average Bonchev–Trinajstić information content (AvgIpc) is 2.42. The van der Waals surface area contributed by atoms with Gasteiger partial charge in [-0.05, 0) is 36.2 Å². The predicted octanol–water partition coefficient (Wildman–Crippen LogP) is 2.86. The van der Waals surface area contributed by atoms with Crippen LogP contribution in [-0.4, -0.2) is 15.0 Å². The summed E-state index contributed by atoms with van der Waals surface area (Å²) in [7, 11) is -3.41. The Balaban J connectivity index is 1.94. The van der Waals surface area contributed by atoms with E-state index >= 15 is 0 Å². The minimum Gasteiger partial charge on any atom is -0.211 e. The number of sulfonamides is 1. The van der Waals surface area contributed by atoms with Crippen LogP contribution in [0.15, 0.2) is 59.5 Å². The van der Waals surface area contributed by atoms with E-state index in [1.165, 1.54) is 0 Å². The SMILES string of the molecule is O=S(=O)(NCCc1ccc(Cl)cc1)c1ccccc1. The Morgan fingerprint density at radius 3 is 2.21 bits per heavy atom. The van der Waals surface area contributed by atoms with Crippen molar-refractivity contribution in [1.29, 1.82) is 0 Å². The molecule has 19 heavy (non-hydrogen) atoms. The molecule has 5 heteroatoms. The van der Waals surface area contributed by atoms with Crippen LogP contribution in [-0.2, 0) is 16.4 Å². The molecule has 0 spiro atoms. The van der Waals surface area contributed by atoms with Gasteiger partial charge in [0.2, 0.25) is 10.0 Å². The Hall–Kier alpha value is -1.36. The number of hydrogen-bond donors (Lipinski definition) is 1. The summed E-state index contributed by atoms with van der Waals surface area (Å²) in [5, 5.41) is 0.675. The molecule has 0 saturated carbocycles. The Labute approximate surface area is 118 Å². The topological polar surface area (TPSA) is 46.2 Å². The lowest BCUT2D eigenvalue weighted by atomic mass is 10.2. The maximum Gasteiger partial charge on any atom is 0.240 e. The second-order valence-electron chi connectivity index (χ2n) is 4.09. The van der Waals surface area contributed by atoms with E-state index in [4.69, 9.17) is 11.6 Å². The molecule has 0 amide bonds. The zero-order chi connectivity index (χ0) is 13.7. The molecular formula is C14H14ClNO2S. The van der Waals surface area contributed by atoms with Crippen molar-refractivity contribution in [2.45, 2.75) is 11.3 Å². The summed E-state index contributed by atoms with van der Waals surface area (Å²) < 4.78 is 26.5. The first-order valence-electron chi connectivity index (χ1n) is 5.87. The number of halogens is 1. The maximum absolute atomic E-state index is 11.9. The monoisotopic (exact) mass is 295 g/mol. The normalized spacial score (nSPS) is 11.4. The highest BCUT2D eigenvalue weighted by Gasteiger charge is 2.11. The third-order valence-electron chi connectivity index (χ3n) is 2.67. The Morgan fingerprint density at radius 1 is 0.947 bits per heavy atom. The lowest BCUT2D eigenvalue weighted by Gasteiger charge is -2.06. The van der Waals surface area contributed by atoms with E-state index in [0.717, 1.165) is 5.56 Å². The number of nitrogens with one attached hydrogen (secondary N) is 1. The second kappa shape index (κ2) is 6.19. The quantitative estimate of drug-likeness (QED) is 0.922. The largest absolute Gasteiger partial charge is 0.240 e. The molecule has 2 aromatic carbocycles. The van der Waals surface area contributed by atoms with Gasteiger partial charge in [-0.15, -0.1) is 0 Å². The molecule has 2 rings (SSSR count). The molecule has 0 aliphatic carbocycles. The van der Waals surface area contributed by atoms with Crippen molar-refractivity contribution in [2.75, 3.05) is 6.54 Å². The van der Waals surface area contributed by atoms with Gasteiger partial charge in [0, 0.05) is 11.6 Å². The molecule has 0 heterocycles. The first kappa shape index (κ1) is 14.1. The minimum atomic E-state index is -3.41. The van der Waals surface area contributed by atoms with E-state index in [9.17, 15) is 8.42 Å². The fourth-order valence-electron chi connectivity index (χ4n) is 1.66. The van der Waals surface area contributed by atoms with E-state index < -0.39 is 10.0 Å². The highest BCUT2D eigenvalue weighted by atomic mass is 35.5.